The Kier molecular flexibility index (Phi) is 17.6. The van der Waals surface area contributed by atoms with E-state index in [4.69, 9.17) is 14.2 Å². The molecule has 6 heteroatoms. The summed E-state index contributed by atoms with van der Waals surface area (Å²) in [5.41, 5.74) is 2.17. The van der Waals surface area contributed by atoms with Crippen molar-refractivity contribution in [3.63, 3.8) is 0 Å². The van der Waals surface area contributed by atoms with Crippen molar-refractivity contribution in [2.24, 2.45) is 0 Å². The van der Waals surface area contributed by atoms with Crippen molar-refractivity contribution in [3.8, 4) is 17.2 Å². The number of fused-ring (bicyclic) bond motifs is 1. The summed E-state index contributed by atoms with van der Waals surface area (Å²) in [5.74, 6) is 2.33. The van der Waals surface area contributed by atoms with Gasteiger partial charge in [-0.25, -0.2) is 0 Å². The third kappa shape index (κ3) is 11.7. The molecule has 0 aliphatic heterocycles. The van der Waals surface area contributed by atoms with Gasteiger partial charge in [-0.15, -0.1) is 0 Å². The molecule has 5 nitrogen and oxygen atoms in total. The van der Waals surface area contributed by atoms with Gasteiger partial charge in [-0.3, -0.25) is 0 Å². The molecule has 0 atom stereocenters. The molecular weight excluding hydrogens is 496 g/mol. The van der Waals surface area contributed by atoms with Crippen molar-refractivity contribution >= 4 is 10.9 Å². The summed E-state index contributed by atoms with van der Waals surface area (Å²) in [6, 6.07) is 3.98. The summed E-state index contributed by atoms with van der Waals surface area (Å²) < 4.78 is 18.0. The lowest BCUT2D eigenvalue weighted by Crippen LogP contribution is -3.00. The minimum atomic E-state index is 0. The van der Waals surface area contributed by atoms with Crippen LogP contribution < -0.4 is 26.6 Å². The lowest BCUT2D eigenvalue weighted by Gasteiger charge is -2.30. The Morgan fingerprint density at radius 1 is 0.632 bits per heavy atom. The predicted molar refractivity (Wildman–Crippen MR) is 158 cm³/mol. The average Bonchev–Trinajstić information content (AvgIpc) is 3.25. The van der Waals surface area contributed by atoms with E-state index in [0.29, 0.717) is 0 Å². The lowest BCUT2D eigenvalue weighted by atomic mass is 10.0. The Bertz CT molecular complexity index is 881. The third-order valence-electron chi connectivity index (χ3n) is 7.84. The van der Waals surface area contributed by atoms with Crippen LogP contribution in [0.5, 0.6) is 17.2 Å². The number of aromatic nitrogens is 1. The molecule has 220 valence electrons. The van der Waals surface area contributed by atoms with Crippen LogP contribution in [0.3, 0.4) is 0 Å². The first-order valence-electron chi connectivity index (χ1n) is 15.1. The molecule has 38 heavy (non-hydrogen) atoms. The summed E-state index contributed by atoms with van der Waals surface area (Å²) in [6.45, 7) is 4.71. The number of H-pyrrole nitrogens is 1. The highest BCUT2D eigenvalue weighted by Gasteiger charge is 2.21. The molecule has 2 rings (SSSR count). The van der Waals surface area contributed by atoms with Crippen LogP contribution in [0, 0.1) is 0 Å². The molecule has 2 aromatic rings. The third-order valence-corrected chi connectivity index (χ3v) is 7.84. The number of aromatic amines is 1. The number of benzene rings is 1. The van der Waals surface area contributed by atoms with Gasteiger partial charge in [0.25, 0.3) is 0 Å². The van der Waals surface area contributed by atoms with Gasteiger partial charge >= 0.3 is 0 Å². The minimum Gasteiger partial charge on any atom is -1.00 e. The SMILES string of the molecule is CCCCCCCCCCCCCCCC[N+](C)(C)CCCc1[nH]c2ccc(OC)c(OC)c2c1OC.[Cl-]. The standard InChI is InChI=1S/C32H57N2O3.ClH/c1-7-8-9-10-11-12-13-14-15-16-17-18-19-20-25-34(2,3)26-21-22-28-31(36-5)30-27(33-28)23-24-29(35-4)32(30)37-6;/h23-24,33H,7-22,25-26H2,1-6H3;1H/q+1;/p-1. The first kappa shape index (κ1) is 34.4. The van der Waals surface area contributed by atoms with E-state index < -0.39 is 0 Å². The molecule has 0 fully saturated rings. The van der Waals surface area contributed by atoms with Gasteiger partial charge in [0.1, 0.15) is 0 Å². The zero-order chi connectivity index (χ0) is 26.9. The number of rotatable bonds is 22. The zero-order valence-corrected chi connectivity index (χ0v) is 26.2. The Morgan fingerprint density at radius 3 is 1.63 bits per heavy atom. The number of methoxy groups -OCH3 is 3. The number of unbranched alkanes of at least 4 members (excludes halogenated alkanes) is 13. The molecule has 1 heterocycles. The van der Waals surface area contributed by atoms with E-state index in [-0.39, 0.29) is 12.4 Å². The highest BCUT2D eigenvalue weighted by Crippen LogP contribution is 2.42. The predicted octanol–water partition coefficient (Wildman–Crippen LogP) is 5.69. The minimum absolute atomic E-state index is 0. The number of nitrogens with one attached hydrogen (secondary N) is 1. The van der Waals surface area contributed by atoms with E-state index in [2.05, 4.69) is 26.0 Å². The van der Waals surface area contributed by atoms with Gasteiger partial charge in [-0.2, -0.15) is 0 Å². The molecule has 0 unspecified atom stereocenters. The van der Waals surface area contributed by atoms with E-state index >= 15 is 0 Å². The molecule has 0 aliphatic carbocycles. The molecule has 0 saturated carbocycles. The van der Waals surface area contributed by atoms with Crippen molar-refractivity contribution in [1.82, 2.24) is 4.98 Å². The normalized spacial score (nSPS) is 11.5. The Balaban J connectivity index is 0.00000722. The maximum absolute atomic E-state index is 5.81. The number of nitrogens with zero attached hydrogens (tertiary/aromatic N) is 1. The van der Waals surface area contributed by atoms with Crippen LogP contribution in [0.1, 0.15) is 109 Å². The Morgan fingerprint density at radius 2 is 1.13 bits per heavy atom. The quantitative estimate of drug-likeness (QED) is 0.151. The number of halogens is 1. The van der Waals surface area contributed by atoms with Crippen LogP contribution in [0.15, 0.2) is 12.1 Å². The maximum atomic E-state index is 5.81. The fourth-order valence-corrected chi connectivity index (χ4v) is 5.56. The highest BCUT2D eigenvalue weighted by atomic mass is 35.5. The van der Waals surface area contributed by atoms with Crippen LogP contribution in [0.4, 0.5) is 0 Å². The van der Waals surface area contributed by atoms with Crippen molar-refractivity contribution < 1.29 is 31.1 Å². The summed E-state index contributed by atoms with van der Waals surface area (Å²) in [5, 5.41) is 0.968. The molecule has 1 N–H and O–H groups in total. The van der Waals surface area contributed by atoms with Gasteiger partial charge in [0.15, 0.2) is 17.2 Å². The van der Waals surface area contributed by atoms with Crippen LogP contribution in [-0.4, -0.2) is 58.0 Å². The average molecular weight is 553 g/mol. The second kappa shape index (κ2) is 19.5. The summed E-state index contributed by atoms with van der Waals surface area (Å²) in [7, 11) is 9.83. The van der Waals surface area contributed by atoms with Gasteiger partial charge in [-0.1, -0.05) is 84.0 Å². The van der Waals surface area contributed by atoms with E-state index in [1.165, 1.54) is 96.4 Å². The van der Waals surface area contributed by atoms with Crippen LogP contribution in [-0.2, 0) is 6.42 Å². The van der Waals surface area contributed by atoms with Crippen molar-refractivity contribution in [2.75, 3.05) is 48.5 Å². The molecule has 0 radical (unpaired) electrons. The topological polar surface area (TPSA) is 43.5 Å². The number of hydrogen-bond acceptors (Lipinski definition) is 3. The Hall–Kier alpha value is -1.59. The summed E-state index contributed by atoms with van der Waals surface area (Å²) in [6.07, 6.45) is 21.9. The summed E-state index contributed by atoms with van der Waals surface area (Å²) >= 11 is 0. The van der Waals surface area contributed by atoms with Gasteiger partial charge in [0.2, 0.25) is 0 Å². The van der Waals surface area contributed by atoms with Gasteiger partial charge in [0.05, 0.1) is 65.1 Å². The molecule has 0 aliphatic rings. The summed E-state index contributed by atoms with van der Waals surface area (Å²) in [4.78, 5) is 3.56. The maximum Gasteiger partial charge on any atom is 0.173 e. The molecule has 0 spiro atoms. The van der Waals surface area contributed by atoms with E-state index in [0.717, 1.165) is 57.7 Å². The van der Waals surface area contributed by atoms with Crippen molar-refractivity contribution in [2.45, 2.75) is 110 Å². The van der Waals surface area contributed by atoms with E-state index in [1.807, 2.05) is 12.1 Å². The number of quaternary nitrogens is 1. The largest absolute Gasteiger partial charge is 1.00 e. The highest BCUT2D eigenvalue weighted by molar-refractivity contribution is 5.95. The zero-order valence-electron chi connectivity index (χ0n) is 25.4. The van der Waals surface area contributed by atoms with Crippen molar-refractivity contribution in [3.05, 3.63) is 17.8 Å². The molecule has 0 saturated heterocycles. The molecule has 1 aromatic carbocycles. The fraction of sp³-hybridized carbons (Fsp3) is 0.750. The Labute approximate surface area is 240 Å². The van der Waals surface area contributed by atoms with Gasteiger partial charge in [-0.05, 0) is 31.4 Å². The number of ether oxygens (including phenoxy) is 3. The molecular formula is C32H57ClN2O3. The smallest absolute Gasteiger partial charge is 0.173 e. The molecule has 0 amide bonds. The van der Waals surface area contributed by atoms with Crippen LogP contribution >= 0.6 is 0 Å². The van der Waals surface area contributed by atoms with E-state index in [1.54, 1.807) is 21.3 Å². The van der Waals surface area contributed by atoms with Gasteiger partial charge < -0.3 is 36.1 Å². The number of hydrogen-bond donors (Lipinski definition) is 1. The van der Waals surface area contributed by atoms with Crippen LogP contribution in [0.2, 0.25) is 0 Å². The van der Waals surface area contributed by atoms with Crippen LogP contribution in [0.25, 0.3) is 10.9 Å². The lowest BCUT2D eigenvalue weighted by molar-refractivity contribution is -0.890. The molecule has 1 aromatic heterocycles. The molecule has 0 bridgehead atoms. The first-order valence-corrected chi connectivity index (χ1v) is 15.1. The second-order valence-corrected chi connectivity index (χ2v) is 11.4. The fourth-order valence-electron chi connectivity index (χ4n) is 5.56. The monoisotopic (exact) mass is 552 g/mol. The second-order valence-electron chi connectivity index (χ2n) is 11.4. The van der Waals surface area contributed by atoms with Crippen molar-refractivity contribution in [1.29, 1.82) is 0 Å². The first-order chi connectivity index (χ1) is 18.0. The van der Waals surface area contributed by atoms with Gasteiger partial charge in [0, 0.05) is 6.42 Å². The van der Waals surface area contributed by atoms with E-state index in [9.17, 15) is 0 Å². The number of aryl methyl sites for hydroxylation is 1.